The molecule has 136 valence electrons. The third-order valence-corrected chi connectivity index (χ3v) is 4.69. The average Bonchev–Trinajstić information content (AvgIpc) is 2.65. The number of hydrogen-bond donors (Lipinski definition) is 0. The van der Waals surface area contributed by atoms with Gasteiger partial charge in [-0.2, -0.15) is 5.10 Å². The van der Waals surface area contributed by atoms with Crippen molar-refractivity contribution < 1.29 is 4.92 Å². The minimum atomic E-state index is -0.383. The second-order valence-electron chi connectivity index (χ2n) is 6.35. The van der Waals surface area contributed by atoms with E-state index in [-0.39, 0.29) is 10.6 Å². The number of halogens is 1. The van der Waals surface area contributed by atoms with Gasteiger partial charge in [0.05, 0.1) is 10.6 Å². The van der Waals surface area contributed by atoms with Gasteiger partial charge in [-0.1, -0.05) is 35.9 Å². The fraction of sp³-hybridized carbons (Fsp3) is 0.316. The van der Waals surface area contributed by atoms with Crippen molar-refractivity contribution >= 4 is 23.0 Å². The first-order valence-corrected chi connectivity index (χ1v) is 8.91. The first kappa shape index (κ1) is 18.4. The summed E-state index contributed by atoms with van der Waals surface area (Å²) >= 11 is 5.93. The van der Waals surface area contributed by atoms with Gasteiger partial charge in [0.2, 0.25) is 0 Å². The smallest absolute Gasteiger partial charge is 0.270 e. The second-order valence-corrected chi connectivity index (χ2v) is 6.79. The fourth-order valence-electron chi connectivity index (χ4n) is 2.96. The zero-order chi connectivity index (χ0) is 18.5. The van der Waals surface area contributed by atoms with Gasteiger partial charge in [0.25, 0.3) is 5.69 Å². The summed E-state index contributed by atoms with van der Waals surface area (Å²) in [6.07, 6.45) is 0. The quantitative estimate of drug-likeness (QED) is 0.455. The number of hydrogen-bond acceptors (Lipinski definition) is 5. The molecule has 1 saturated heterocycles. The topological polar surface area (TPSA) is 62.0 Å². The zero-order valence-corrected chi connectivity index (χ0v) is 15.4. The van der Waals surface area contributed by atoms with Gasteiger partial charge in [-0.15, -0.1) is 0 Å². The van der Waals surface area contributed by atoms with Gasteiger partial charge in [0.1, 0.15) is 0 Å². The first-order valence-electron chi connectivity index (χ1n) is 8.53. The molecule has 2 aromatic carbocycles. The van der Waals surface area contributed by atoms with Gasteiger partial charge in [0.15, 0.2) is 0 Å². The molecule has 0 N–H and O–H groups in total. The van der Waals surface area contributed by atoms with Crippen LogP contribution >= 0.6 is 11.6 Å². The van der Waals surface area contributed by atoms with Crippen LogP contribution in [0, 0.1) is 10.1 Å². The largest absolute Gasteiger partial charge is 0.295 e. The Kier molecular flexibility index (Phi) is 5.85. The van der Waals surface area contributed by atoms with E-state index in [0.29, 0.717) is 0 Å². The summed E-state index contributed by atoms with van der Waals surface area (Å²) in [6, 6.07) is 14.5. The predicted molar refractivity (Wildman–Crippen MR) is 104 cm³/mol. The highest BCUT2D eigenvalue weighted by Crippen LogP contribution is 2.16. The zero-order valence-electron chi connectivity index (χ0n) is 14.6. The summed E-state index contributed by atoms with van der Waals surface area (Å²) in [7, 11) is 0. The van der Waals surface area contributed by atoms with Crippen LogP contribution in [0.1, 0.15) is 18.1 Å². The van der Waals surface area contributed by atoms with E-state index in [1.54, 1.807) is 12.1 Å². The van der Waals surface area contributed by atoms with Crippen molar-refractivity contribution in [2.45, 2.75) is 13.5 Å². The molecular formula is C19H21ClN4O2. The van der Waals surface area contributed by atoms with Gasteiger partial charge in [-0.25, -0.2) is 0 Å². The van der Waals surface area contributed by atoms with Gasteiger partial charge in [-0.05, 0) is 24.6 Å². The van der Waals surface area contributed by atoms with Crippen molar-refractivity contribution in [2.24, 2.45) is 5.10 Å². The lowest BCUT2D eigenvalue weighted by Gasteiger charge is -2.33. The van der Waals surface area contributed by atoms with E-state index in [9.17, 15) is 10.1 Å². The number of rotatable bonds is 5. The number of non-ortho nitro benzene ring substituents is 1. The molecule has 0 spiro atoms. The Hall–Kier alpha value is -2.44. The molecule has 0 aliphatic carbocycles. The van der Waals surface area contributed by atoms with Crippen LogP contribution in [0.15, 0.2) is 53.6 Å². The van der Waals surface area contributed by atoms with Crippen molar-refractivity contribution in [1.29, 1.82) is 0 Å². The van der Waals surface area contributed by atoms with Gasteiger partial charge in [-0.3, -0.25) is 20.0 Å². The number of piperazine rings is 1. The normalized spacial score (nSPS) is 15.9. The predicted octanol–water partition coefficient (Wildman–Crippen LogP) is 3.79. The van der Waals surface area contributed by atoms with Crippen molar-refractivity contribution in [2.75, 3.05) is 26.2 Å². The highest BCUT2D eigenvalue weighted by molar-refractivity contribution is 6.30. The summed E-state index contributed by atoms with van der Waals surface area (Å²) in [4.78, 5) is 12.9. The van der Waals surface area contributed by atoms with Crippen LogP contribution in [0.5, 0.6) is 0 Å². The van der Waals surface area contributed by atoms with Gasteiger partial charge >= 0.3 is 0 Å². The molecule has 1 aliphatic rings. The van der Waals surface area contributed by atoms with E-state index in [0.717, 1.165) is 49.0 Å². The molecule has 26 heavy (non-hydrogen) atoms. The molecule has 0 aromatic heterocycles. The van der Waals surface area contributed by atoms with E-state index in [1.165, 1.54) is 11.6 Å². The highest BCUT2D eigenvalue weighted by Gasteiger charge is 2.16. The van der Waals surface area contributed by atoms with Crippen LogP contribution < -0.4 is 0 Å². The summed E-state index contributed by atoms with van der Waals surface area (Å²) in [5.74, 6) is 0. The SMILES string of the molecule is CC(=NN1CCN(Cc2ccc(Cl)cc2)CC1)c1cccc([N+](=O)[O-])c1. The van der Waals surface area contributed by atoms with E-state index >= 15 is 0 Å². The molecule has 0 bridgehead atoms. The Balaban J connectivity index is 1.57. The number of nitrogens with zero attached hydrogens (tertiary/aromatic N) is 4. The second kappa shape index (κ2) is 8.29. The van der Waals surface area contributed by atoms with Crippen LogP contribution in [0.3, 0.4) is 0 Å². The molecule has 7 heteroatoms. The minimum absolute atomic E-state index is 0.0878. The van der Waals surface area contributed by atoms with E-state index < -0.39 is 0 Å². The molecule has 2 aromatic rings. The van der Waals surface area contributed by atoms with Crippen LogP contribution in [-0.4, -0.2) is 46.7 Å². The number of benzene rings is 2. The standard InChI is InChI=1S/C19H21ClN4O2/c1-15(17-3-2-4-19(13-17)24(25)26)21-23-11-9-22(10-12-23)14-16-5-7-18(20)8-6-16/h2-8,13H,9-12,14H2,1H3. The summed E-state index contributed by atoms with van der Waals surface area (Å²) < 4.78 is 0. The van der Waals surface area contributed by atoms with Crippen molar-refractivity contribution in [3.8, 4) is 0 Å². The lowest BCUT2D eigenvalue weighted by molar-refractivity contribution is -0.384. The van der Waals surface area contributed by atoms with Crippen LogP contribution in [0.4, 0.5) is 5.69 Å². The van der Waals surface area contributed by atoms with Gasteiger partial charge in [0, 0.05) is 55.4 Å². The van der Waals surface area contributed by atoms with Gasteiger partial charge < -0.3 is 0 Å². The molecule has 0 amide bonds. The molecule has 0 saturated carbocycles. The molecule has 0 unspecified atom stereocenters. The summed E-state index contributed by atoms with van der Waals surface area (Å²) in [6.45, 7) is 6.31. The van der Waals surface area contributed by atoms with E-state index in [4.69, 9.17) is 11.6 Å². The Morgan fingerprint density at radius 2 is 1.85 bits per heavy atom. The molecule has 1 fully saturated rings. The number of nitro benzene ring substituents is 1. The Labute approximate surface area is 157 Å². The lowest BCUT2D eigenvalue weighted by atomic mass is 10.1. The Morgan fingerprint density at radius 1 is 1.15 bits per heavy atom. The van der Waals surface area contributed by atoms with Crippen LogP contribution in [-0.2, 0) is 6.54 Å². The molecule has 0 radical (unpaired) electrons. The van der Waals surface area contributed by atoms with E-state index in [2.05, 4.69) is 22.1 Å². The third kappa shape index (κ3) is 4.80. The summed E-state index contributed by atoms with van der Waals surface area (Å²) in [5.41, 5.74) is 2.91. The Bertz CT molecular complexity index is 799. The third-order valence-electron chi connectivity index (χ3n) is 4.43. The van der Waals surface area contributed by atoms with Crippen LogP contribution in [0.25, 0.3) is 0 Å². The molecular weight excluding hydrogens is 352 g/mol. The lowest BCUT2D eigenvalue weighted by Crippen LogP contribution is -2.43. The monoisotopic (exact) mass is 372 g/mol. The maximum absolute atomic E-state index is 10.9. The highest BCUT2D eigenvalue weighted by atomic mass is 35.5. The maximum atomic E-state index is 10.9. The molecule has 1 heterocycles. The average molecular weight is 373 g/mol. The summed E-state index contributed by atoms with van der Waals surface area (Å²) in [5, 5.41) is 18.3. The van der Waals surface area contributed by atoms with Crippen LogP contribution in [0.2, 0.25) is 5.02 Å². The van der Waals surface area contributed by atoms with Crippen molar-refractivity contribution in [3.63, 3.8) is 0 Å². The number of nitro groups is 1. The number of hydrazone groups is 1. The minimum Gasteiger partial charge on any atom is -0.295 e. The molecule has 6 nitrogen and oxygen atoms in total. The van der Waals surface area contributed by atoms with E-state index in [1.807, 2.05) is 30.1 Å². The van der Waals surface area contributed by atoms with Crippen molar-refractivity contribution in [3.05, 3.63) is 74.8 Å². The Morgan fingerprint density at radius 3 is 2.50 bits per heavy atom. The molecule has 3 rings (SSSR count). The molecule has 0 atom stereocenters. The fourth-order valence-corrected chi connectivity index (χ4v) is 3.08. The molecule has 1 aliphatic heterocycles. The van der Waals surface area contributed by atoms with Crippen molar-refractivity contribution in [1.82, 2.24) is 9.91 Å². The maximum Gasteiger partial charge on any atom is 0.270 e. The first-order chi connectivity index (χ1) is 12.5.